The lowest BCUT2D eigenvalue weighted by Crippen LogP contribution is -2.32. The van der Waals surface area contributed by atoms with Crippen LogP contribution in [0, 0.1) is 5.82 Å². The molecular weight excluding hydrogens is 269 g/mol. The van der Waals surface area contributed by atoms with Crippen molar-refractivity contribution in [3.63, 3.8) is 0 Å². The number of benzene rings is 2. The van der Waals surface area contributed by atoms with Crippen LogP contribution in [-0.4, -0.2) is 11.1 Å². The third-order valence-corrected chi connectivity index (χ3v) is 3.44. The maximum Gasteiger partial charge on any atom is 0.325 e. The van der Waals surface area contributed by atoms with Crippen LogP contribution in [0.1, 0.15) is 36.6 Å². The Morgan fingerprint density at radius 3 is 2.33 bits per heavy atom. The van der Waals surface area contributed by atoms with E-state index in [0.29, 0.717) is 17.5 Å². The molecule has 0 amide bonds. The largest absolute Gasteiger partial charge is 0.480 e. The number of carbonyl (C=O) groups is 1. The van der Waals surface area contributed by atoms with Crippen molar-refractivity contribution in [2.24, 2.45) is 0 Å². The third kappa shape index (κ3) is 3.67. The first-order valence-electron chi connectivity index (χ1n) is 6.91. The van der Waals surface area contributed by atoms with Gasteiger partial charge >= 0.3 is 5.97 Å². The summed E-state index contributed by atoms with van der Waals surface area (Å²) in [5, 5.41) is 12.5. The number of carboxylic acids is 1. The Morgan fingerprint density at radius 2 is 1.76 bits per heavy atom. The third-order valence-electron chi connectivity index (χ3n) is 3.44. The minimum Gasteiger partial charge on any atom is -0.480 e. The van der Waals surface area contributed by atoms with E-state index in [0.717, 1.165) is 0 Å². The zero-order chi connectivity index (χ0) is 15.2. The Bertz CT molecular complexity index is 601. The Kier molecular flexibility index (Phi) is 5.06. The summed E-state index contributed by atoms with van der Waals surface area (Å²) in [7, 11) is 0. The van der Waals surface area contributed by atoms with E-state index in [1.54, 1.807) is 42.5 Å². The number of halogens is 1. The normalized spacial score (nSPS) is 13.6. The Labute approximate surface area is 123 Å². The van der Waals surface area contributed by atoms with Gasteiger partial charge in [0.2, 0.25) is 0 Å². The lowest BCUT2D eigenvalue weighted by atomic mass is 10.00. The van der Waals surface area contributed by atoms with E-state index < -0.39 is 12.0 Å². The van der Waals surface area contributed by atoms with Crippen LogP contribution in [0.4, 0.5) is 4.39 Å². The summed E-state index contributed by atoms with van der Waals surface area (Å²) in [4.78, 5) is 11.5. The highest BCUT2D eigenvalue weighted by Crippen LogP contribution is 2.24. The van der Waals surface area contributed by atoms with Crippen LogP contribution in [0.15, 0.2) is 54.6 Å². The van der Waals surface area contributed by atoms with E-state index in [9.17, 15) is 14.3 Å². The molecule has 2 rings (SSSR count). The first-order chi connectivity index (χ1) is 10.1. The minimum absolute atomic E-state index is 0.325. The SMILES string of the molecule is CCC(NC(C(=O)O)c1ccccc1)c1ccccc1F. The van der Waals surface area contributed by atoms with Crippen molar-refractivity contribution >= 4 is 5.97 Å². The average Bonchev–Trinajstić information content (AvgIpc) is 2.50. The first kappa shape index (κ1) is 15.2. The smallest absolute Gasteiger partial charge is 0.325 e. The summed E-state index contributed by atoms with van der Waals surface area (Å²) in [6, 6.07) is 14.1. The molecule has 0 aliphatic carbocycles. The predicted molar refractivity (Wildman–Crippen MR) is 79.4 cm³/mol. The van der Waals surface area contributed by atoms with Crippen molar-refractivity contribution in [2.75, 3.05) is 0 Å². The number of carboxylic acid groups (broad SMARTS) is 1. The molecular formula is C17H18FNO2. The van der Waals surface area contributed by atoms with Crippen molar-refractivity contribution in [3.05, 3.63) is 71.5 Å². The fourth-order valence-corrected chi connectivity index (χ4v) is 2.34. The van der Waals surface area contributed by atoms with Gasteiger partial charge in [-0.05, 0) is 18.1 Å². The quantitative estimate of drug-likeness (QED) is 0.852. The van der Waals surface area contributed by atoms with Crippen LogP contribution in [0.5, 0.6) is 0 Å². The lowest BCUT2D eigenvalue weighted by molar-refractivity contribution is -0.140. The molecule has 2 aromatic rings. The molecule has 110 valence electrons. The summed E-state index contributed by atoms with van der Waals surface area (Å²) in [6.07, 6.45) is 0.595. The molecule has 0 bridgehead atoms. The second-order valence-electron chi connectivity index (χ2n) is 4.83. The van der Waals surface area contributed by atoms with E-state index in [-0.39, 0.29) is 11.9 Å². The number of hydrogen-bond donors (Lipinski definition) is 2. The van der Waals surface area contributed by atoms with E-state index in [4.69, 9.17) is 0 Å². The fraction of sp³-hybridized carbons (Fsp3) is 0.235. The molecule has 3 nitrogen and oxygen atoms in total. The molecule has 0 heterocycles. The molecule has 0 saturated carbocycles. The topological polar surface area (TPSA) is 49.3 Å². The van der Waals surface area contributed by atoms with Crippen molar-refractivity contribution in [3.8, 4) is 0 Å². The van der Waals surface area contributed by atoms with Gasteiger partial charge in [-0.2, -0.15) is 0 Å². The van der Waals surface area contributed by atoms with Crippen LogP contribution in [0.2, 0.25) is 0 Å². The van der Waals surface area contributed by atoms with Crippen molar-refractivity contribution in [2.45, 2.75) is 25.4 Å². The zero-order valence-corrected chi connectivity index (χ0v) is 11.8. The summed E-state index contributed by atoms with van der Waals surface area (Å²) < 4.78 is 13.9. The van der Waals surface area contributed by atoms with Gasteiger partial charge in [-0.1, -0.05) is 55.5 Å². The Hall–Kier alpha value is -2.20. The highest BCUT2D eigenvalue weighted by atomic mass is 19.1. The fourth-order valence-electron chi connectivity index (χ4n) is 2.34. The van der Waals surface area contributed by atoms with Crippen molar-refractivity contribution in [1.29, 1.82) is 0 Å². The van der Waals surface area contributed by atoms with Crippen molar-refractivity contribution < 1.29 is 14.3 Å². The molecule has 2 aromatic carbocycles. The molecule has 0 saturated heterocycles. The molecule has 2 N–H and O–H groups in total. The van der Waals surface area contributed by atoms with Crippen LogP contribution in [-0.2, 0) is 4.79 Å². The van der Waals surface area contributed by atoms with Gasteiger partial charge in [0.25, 0.3) is 0 Å². The molecule has 0 spiro atoms. The first-order valence-corrected chi connectivity index (χ1v) is 6.91. The van der Waals surface area contributed by atoms with Gasteiger partial charge in [-0.25, -0.2) is 4.39 Å². The molecule has 21 heavy (non-hydrogen) atoms. The molecule has 0 radical (unpaired) electrons. The Balaban J connectivity index is 2.27. The monoisotopic (exact) mass is 287 g/mol. The summed E-state index contributed by atoms with van der Waals surface area (Å²) in [5.74, 6) is -1.30. The zero-order valence-electron chi connectivity index (χ0n) is 11.8. The van der Waals surface area contributed by atoms with Crippen LogP contribution >= 0.6 is 0 Å². The van der Waals surface area contributed by atoms with Gasteiger partial charge in [0.15, 0.2) is 0 Å². The van der Waals surface area contributed by atoms with E-state index in [1.807, 2.05) is 13.0 Å². The number of hydrogen-bond acceptors (Lipinski definition) is 2. The van der Waals surface area contributed by atoms with Crippen LogP contribution < -0.4 is 5.32 Å². The summed E-state index contributed by atoms with van der Waals surface area (Å²) >= 11 is 0. The molecule has 2 atom stereocenters. The van der Waals surface area contributed by atoms with Crippen molar-refractivity contribution in [1.82, 2.24) is 5.32 Å². The number of rotatable bonds is 6. The summed E-state index contributed by atoms with van der Waals surface area (Å²) in [5.41, 5.74) is 1.14. The Morgan fingerprint density at radius 1 is 1.14 bits per heavy atom. The second kappa shape index (κ2) is 6.99. The molecule has 2 unspecified atom stereocenters. The van der Waals surface area contributed by atoms with Crippen LogP contribution in [0.3, 0.4) is 0 Å². The van der Waals surface area contributed by atoms with E-state index in [2.05, 4.69) is 5.32 Å². The average molecular weight is 287 g/mol. The number of aliphatic carboxylic acids is 1. The van der Waals surface area contributed by atoms with Crippen LogP contribution in [0.25, 0.3) is 0 Å². The van der Waals surface area contributed by atoms with Gasteiger partial charge in [-0.3, -0.25) is 10.1 Å². The van der Waals surface area contributed by atoms with Gasteiger partial charge in [0.1, 0.15) is 11.9 Å². The van der Waals surface area contributed by atoms with Gasteiger partial charge in [-0.15, -0.1) is 0 Å². The van der Waals surface area contributed by atoms with Gasteiger partial charge in [0.05, 0.1) is 0 Å². The molecule has 0 aliphatic heterocycles. The molecule has 4 heteroatoms. The summed E-state index contributed by atoms with van der Waals surface area (Å²) in [6.45, 7) is 1.90. The molecule has 0 aliphatic rings. The van der Waals surface area contributed by atoms with E-state index >= 15 is 0 Å². The van der Waals surface area contributed by atoms with Gasteiger partial charge < -0.3 is 5.11 Å². The molecule has 0 fully saturated rings. The second-order valence-corrected chi connectivity index (χ2v) is 4.83. The standard InChI is InChI=1S/C17H18FNO2/c1-2-15(13-10-6-7-11-14(13)18)19-16(17(20)21)12-8-4-3-5-9-12/h3-11,15-16,19H,2H2,1H3,(H,20,21). The number of nitrogens with one attached hydrogen (secondary N) is 1. The highest BCUT2D eigenvalue weighted by molar-refractivity contribution is 5.75. The molecule has 0 aromatic heterocycles. The van der Waals surface area contributed by atoms with E-state index in [1.165, 1.54) is 6.07 Å². The minimum atomic E-state index is -0.976. The predicted octanol–water partition coefficient (Wildman–Crippen LogP) is 3.69. The highest BCUT2D eigenvalue weighted by Gasteiger charge is 2.24. The maximum atomic E-state index is 13.9. The maximum absolute atomic E-state index is 13.9. The van der Waals surface area contributed by atoms with Gasteiger partial charge in [0, 0.05) is 11.6 Å². The lowest BCUT2D eigenvalue weighted by Gasteiger charge is -2.23.